The lowest BCUT2D eigenvalue weighted by Crippen LogP contribution is -2.49. The zero-order chi connectivity index (χ0) is 24.2. The summed E-state index contributed by atoms with van der Waals surface area (Å²) in [6.45, 7) is 7.60. The van der Waals surface area contributed by atoms with E-state index in [9.17, 15) is 4.79 Å². The molecule has 0 aliphatic carbocycles. The lowest BCUT2D eigenvalue weighted by Gasteiger charge is -2.35. The summed E-state index contributed by atoms with van der Waals surface area (Å²) in [5, 5.41) is 1.03. The first-order chi connectivity index (χ1) is 17.2. The van der Waals surface area contributed by atoms with Crippen molar-refractivity contribution in [1.82, 2.24) is 19.4 Å². The molecule has 0 spiro atoms. The molecule has 0 bridgehead atoms. The summed E-state index contributed by atoms with van der Waals surface area (Å²) in [5.41, 5.74) is 4.09. The van der Waals surface area contributed by atoms with E-state index in [4.69, 9.17) is 14.7 Å². The summed E-state index contributed by atoms with van der Waals surface area (Å²) in [6, 6.07) is 18.5. The lowest BCUT2D eigenvalue weighted by molar-refractivity contribution is -0.131. The Hall–Kier alpha value is -3.87. The van der Waals surface area contributed by atoms with Gasteiger partial charge in [-0.2, -0.15) is 0 Å². The summed E-state index contributed by atoms with van der Waals surface area (Å²) < 4.78 is 7.75. The molecule has 2 aromatic carbocycles. The number of fused-ring (bicyclic) bond motifs is 1. The number of hydrogen-bond donors (Lipinski definition) is 0. The van der Waals surface area contributed by atoms with Crippen LogP contribution in [0.5, 0.6) is 5.75 Å². The molecule has 2 aromatic heterocycles. The monoisotopic (exact) mass is 469 g/mol. The fraction of sp³-hybridized carbons (Fsp3) is 0.321. The molecule has 3 heterocycles. The van der Waals surface area contributed by atoms with Crippen LogP contribution in [-0.2, 0) is 4.79 Å². The van der Waals surface area contributed by atoms with Crippen LogP contribution in [0.25, 0.3) is 27.8 Å². The van der Waals surface area contributed by atoms with E-state index in [2.05, 4.69) is 52.1 Å². The minimum Gasteiger partial charge on any atom is -0.494 e. The normalized spacial score (nSPS) is 13.9. The molecule has 5 rings (SSSR count). The number of rotatable bonds is 7. The van der Waals surface area contributed by atoms with E-state index >= 15 is 0 Å². The van der Waals surface area contributed by atoms with Crippen LogP contribution in [0.15, 0.2) is 67.1 Å². The van der Waals surface area contributed by atoms with E-state index in [1.807, 2.05) is 36.9 Å². The number of ether oxygens (including phenoxy) is 1. The second kappa shape index (κ2) is 10.2. The standard InChI is InChI=1S/C28H31N5O2/c1-3-8-25(34)31-15-17-32(18-16-31)27-26-24(21-9-6-5-7-10-21)19-33(28(26)30-20-29-27)22-11-13-23(14-12-22)35-4-2/h5-7,9-14,19-20H,3-4,8,15-18H2,1-2H3. The predicted molar refractivity (Wildman–Crippen MR) is 139 cm³/mol. The maximum Gasteiger partial charge on any atom is 0.222 e. The summed E-state index contributed by atoms with van der Waals surface area (Å²) in [6.07, 6.45) is 5.28. The topological polar surface area (TPSA) is 63.5 Å². The highest BCUT2D eigenvalue weighted by Crippen LogP contribution is 2.37. The zero-order valence-electron chi connectivity index (χ0n) is 20.4. The Morgan fingerprint density at radius 3 is 2.37 bits per heavy atom. The zero-order valence-corrected chi connectivity index (χ0v) is 20.4. The number of aromatic nitrogens is 3. The van der Waals surface area contributed by atoms with Gasteiger partial charge in [-0.05, 0) is 43.2 Å². The van der Waals surface area contributed by atoms with Gasteiger partial charge >= 0.3 is 0 Å². The van der Waals surface area contributed by atoms with E-state index in [1.165, 1.54) is 0 Å². The van der Waals surface area contributed by atoms with Crippen molar-refractivity contribution in [1.29, 1.82) is 0 Å². The molecule has 7 heteroatoms. The fourth-order valence-electron chi connectivity index (χ4n) is 4.73. The maximum atomic E-state index is 12.4. The smallest absolute Gasteiger partial charge is 0.222 e. The van der Waals surface area contributed by atoms with Crippen molar-refractivity contribution < 1.29 is 9.53 Å². The van der Waals surface area contributed by atoms with E-state index < -0.39 is 0 Å². The SMILES string of the molecule is CCCC(=O)N1CCN(c2ncnc3c2c(-c2ccccc2)cn3-c2ccc(OCC)cc2)CC1. The Labute approximate surface area is 206 Å². The number of carbonyl (C=O) groups excluding carboxylic acids is 1. The number of piperazine rings is 1. The molecule has 1 fully saturated rings. The molecular weight excluding hydrogens is 438 g/mol. The van der Waals surface area contributed by atoms with E-state index in [0.29, 0.717) is 26.1 Å². The van der Waals surface area contributed by atoms with Crippen molar-refractivity contribution in [3.05, 3.63) is 67.1 Å². The number of hydrogen-bond acceptors (Lipinski definition) is 5. The first kappa shape index (κ1) is 22.9. The number of amides is 1. The lowest BCUT2D eigenvalue weighted by atomic mass is 10.1. The predicted octanol–water partition coefficient (Wildman–Crippen LogP) is 4.93. The Balaban J connectivity index is 1.57. The van der Waals surface area contributed by atoms with Gasteiger partial charge in [0.25, 0.3) is 0 Å². The molecule has 0 N–H and O–H groups in total. The minimum atomic E-state index is 0.242. The third-order valence-corrected chi connectivity index (χ3v) is 6.47. The number of benzene rings is 2. The molecule has 0 saturated carbocycles. The quantitative estimate of drug-likeness (QED) is 0.384. The van der Waals surface area contributed by atoms with Gasteiger partial charge in [0.1, 0.15) is 17.9 Å². The van der Waals surface area contributed by atoms with E-state index in [1.54, 1.807) is 6.33 Å². The number of carbonyl (C=O) groups is 1. The van der Waals surface area contributed by atoms with Crippen molar-refractivity contribution in [2.75, 3.05) is 37.7 Å². The number of anilines is 1. The second-order valence-corrected chi connectivity index (χ2v) is 8.72. The van der Waals surface area contributed by atoms with Crippen molar-refractivity contribution in [3.8, 4) is 22.6 Å². The molecule has 7 nitrogen and oxygen atoms in total. The average molecular weight is 470 g/mol. The highest BCUT2D eigenvalue weighted by atomic mass is 16.5. The van der Waals surface area contributed by atoms with Gasteiger partial charge in [0, 0.05) is 50.0 Å². The molecule has 0 radical (unpaired) electrons. The first-order valence-electron chi connectivity index (χ1n) is 12.4. The van der Waals surface area contributed by atoms with Crippen molar-refractivity contribution in [2.24, 2.45) is 0 Å². The summed E-state index contributed by atoms with van der Waals surface area (Å²) >= 11 is 0. The van der Waals surface area contributed by atoms with Gasteiger partial charge in [-0.25, -0.2) is 9.97 Å². The molecule has 1 amide bonds. The third kappa shape index (κ3) is 4.58. The summed E-state index contributed by atoms with van der Waals surface area (Å²) in [7, 11) is 0. The fourth-order valence-corrected chi connectivity index (χ4v) is 4.73. The average Bonchev–Trinajstić information content (AvgIpc) is 3.30. The first-order valence-corrected chi connectivity index (χ1v) is 12.4. The highest BCUT2D eigenvalue weighted by molar-refractivity contribution is 6.02. The molecule has 0 unspecified atom stereocenters. The van der Waals surface area contributed by atoms with Gasteiger partial charge < -0.3 is 19.1 Å². The van der Waals surface area contributed by atoms with E-state index in [-0.39, 0.29) is 5.91 Å². The van der Waals surface area contributed by atoms with Crippen molar-refractivity contribution in [2.45, 2.75) is 26.7 Å². The molecule has 1 aliphatic rings. The second-order valence-electron chi connectivity index (χ2n) is 8.72. The molecule has 4 aromatic rings. The number of nitrogens with zero attached hydrogens (tertiary/aromatic N) is 5. The molecule has 0 atom stereocenters. The molecule has 1 aliphatic heterocycles. The van der Waals surface area contributed by atoms with Gasteiger partial charge in [-0.15, -0.1) is 0 Å². The summed E-state index contributed by atoms with van der Waals surface area (Å²) in [5.74, 6) is 2.01. The van der Waals surface area contributed by atoms with Gasteiger partial charge in [0.2, 0.25) is 5.91 Å². The largest absolute Gasteiger partial charge is 0.494 e. The van der Waals surface area contributed by atoms with Crippen LogP contribution in [0.3, 0.4) is 0 Å². The van der Waals surface area contributed by atoms with Crippen LogP contribution in [0, 0.1) is 0 Å². The Bertz CT molecular complexity index is 1290. The van der Waals surface area contributed by atoms with Crippen LogP contribution >= 0.6 is 0 Å². The van der Waals surface area contributed by atoms with Gasteiger partial charge in [-0.3, -0.25) is 4.79 Å². The van der Waals surface area contributed by atoms with E-state index in [0.717, 1.165) is 58.9 Å². The van der Waals surface area contributed by atoms with Gasteiger partial charge in [0.15, 0.2) is 5.65 Å². The molecule has 180 valence electrons. The van der Waals surface area contributed by atoms with Crippen LogP contribution in [0.1, 0.15) is 26.7 Å². The third-order valence-electron chi connectivity index (χ3n) is 6.47. The minimum absolute atomic E-state index is 0.242. The Morgan fingerprint density at radius 1 is 0.943 bits per heavy atom. The van der Waals surface area contributed by atoms with Crippen LogP contribution < -0.4 is 9.64 Å². The summed E-state index contributed by atoms with van der Waals surface area (Å²) in [4.78, 5) is 26.1. The van der Waals surface area contributed by atoms with Crippen LogP contribution in [-0.4, -0.2) is 58.1 Å². The van der Waals surface area contributed by atoms with Gasteiger partial charge in [0.05, 0.1) is 12.0 Å². The van der Waals surface area contributed by atoms with Crippen LogP contribution in [0.4, 0.5) is 5.82 Å². The molecule has 35 heavy (non-hydrogen) atoms. The van der Waals surface area contributed by atoms with Crippen LogP contribution in [0.2, 0.25) is 0 Å². The molecule has 1 saturated heterocycles. The maximum absolute atomic E-state index is 12.4. The Morgan fingerprint density at radius 2 is 1.69 bits per heavy atom. The van der Waals surface area contributed by atoms with Gasteiger partial charge in [-0.1, -0.05) is 37.3 Å². The highest BCUT2D eigenvalue weighted by Gasteiger charge is 2.25. The van der Waals surface area contributed by atoms with Crippen molar-refractivity contribution in [3.63, 3.8) is 0 Å². The molecular formula is C28H31N5O2. The Kier molecular flexibility index (Phi) is 6.66. The van der Waals surface area contributed by atoms with Crippen molar-refractivity contribution >= 4 is 22.8 Å².